The number of anilines is 1. The smallest absolute Gasteiger partial charge is 0.210 e. The molecule has 0 radical (unpaired) electrons. The predicted molar refractivity (Wildman–Crippen MR) is 203 cm³/mol. The Morgan fingerprint density at radius 2 is 1.54 bits per heavy atom. The second kappa shape index (κ2) is 16.1. The molecule has 0 spiro atoms. The maximum Gasteiger partial charge on any atom is 0.210 e. The molecule has 1 unspecified atom stereocenters. The van der Waals surface area contributed by atoms with Gasteiger partial charge in [0.1, 0.15) is 12.3 Å². The Balaban J connectivity index is 1.78. The summed E-state index contributed by atoms with van der Waals surface area (Å²) in [7, 11) is -3.35. The minimum absolute atomic E-state index is 0.339. The Kier molecular flexibility index (Phi) is 12.9. The summed E-state index contributed by atoms with van der Waals surface area (Å²) in [5.74, 6) is 0.595. The average Bonchev–Trinajstić information content (AvgIpc) is 3.34. The lowest BCUT2D eigenvalue weighted by molar-refractivity contribution is -0.438. The molecule has 0 saturated carbocycles. The van der Waals surface area contributed by atoms with Crippen molar-refractivity contribution in [3.63, 3.8) is 0 Å². The number of benzene rings is 2. The Morgan fingerprint density at radius 3 is 2.17 bits per heavy atom. The largest absolute Gasteiger partial charge is 0.401 e. The summed E-state index contributed by atoms with van der Waals surface area (Å²) in [5.41, 5.74) is 5.67. The fourth-order valence-electron chi connectivity index (χ4n) is 7.18. The molecule has 2 heterocycles. The van der Waals surface area contributed by atoms with Crippen LogP contribution in [0.1, 0.15) is 117 Å². The number of nitrogens with zero attached hydrogens (tertiary/aromatic N) is 2. The van der Waals surface area contributed by atoms with E-state index in [1.807, 2.05) is 24.3 Å². The molecule has 0 bridgehead atoms. The molecule has 48 heavy (non-hydrogen) atoms. The fraction of sp³-hybridized carbons (Fsp3) is 0.564. The van der Waals surface area contributed by atoms with Crippen LogP contribution in [0.5, 0.6) is 5.75 Å². The lowest BCUT2D eigenvalue weighted by Crippen LogP contribution is -2.29. The van der Waals surface area contributed by atoms with E-state index >= 15 is 0 Å². The van der Waals surface area contributed by atoms with Gasteiger partial charge in [-0.2, -0.15) is 4.58 Å². The van der Waals surface area contributed by atoms with Crippen LogP contribution >= 0.6 is 11.6 Å². The molecular formula is C39H56ClN2O4S2+. The van der Waals surface area contributed by atoms with Gasteiger partial charge in [-0.15, -0.1) is 0 Å². The zero-order valence-corrected chi connectivity index (χ0v) is 32.7. The van der Waals surface area contributed by atoms with Crippen molar-refractivity contribution in [2.75, 3.05) is 30.5 Å². The van der Waals surface area contributed by atoms with E-state index in [1.165, 1.54) is 57.5 Å². The zero-order valence-electron chi connectivity index (χ0n) is 30.3. The number of allylic oxidation sites excluding steroid dienone is 4. The lowest BCUT2D eigenvalue weighted by Gasteiger charge is -2.27. The third-order valence-electron chi connectivity index (χ3n) is 9.89. The van der Waals surface area contributed by atoms with Crippen LogP contribution in [0.25, 0.3) is 0 Å². The van der Waals surface area contributed by atoms with E-state index in [0.29, 0.717) is 15.7 Å². The highest BCUT2D eigenvalue weighted by Gasteiger charge is 2.45. The number of unbranched alkanes of at least 4 members (excludes halogenated alkanes) is 8. The first-order chi connectivity index (χ1) is 22.6. The van der Waals surface area contributed by atoms with E-state index in [9.17, 15) is 12.6 Å². The Morgan fingerprint density at radius 1 is 0.896 bits per heavy atom. The van der Waals surface area contributed by atoms with Gasteiger partial charge >= 0.3 is 0 Å². The molecule has 4 rings (SSSR count). The van der Waals surface area contributed by atoms with E-state index in [1.54, 1.807) is 6.07 Å². The molecule has 0 aromatic heterocycles. The predicted octanol–water partition coefficient (Wildman–Crippen LogP) is 9.88. The van der Waals surface area contributed by atoms with Crippen LogP contribution in [0.15, 0.2) is 64.2 Å². The summed E-state index contributed by atoms with van der Waals surface area (Å²) in [4.78, 5) is 2.69. The SMILES string of the molecule is CCCCCCCN1C(=CC(Cl)=CC2=[N+](CCCCCCC)c3ccc(OS(C)=O)cc3C2(C)C)C(C)(C)c2cc(S(C)(=O)=O)ccc21. The van der Waals surface area contributed by atoms with Crippen molar-refractivity contribution in [1.29, 1.82) is 0 Å². The molecule has 2 aromatic rings. The molecule has 6 nitrogen and oxygen atoms in total. The van der Waals surface area contributed by atoms with Gasteiger partial charge in [0.15, 0.2) is 15.5 Å². The monoisotopic (exact) mass is 715 g/mol. The Labute approximate surface area is 297 Å². The summed E-state index contributed by atoms with van der Waals surface area (Å²) in [6.45, 7) is 14.9. The van der Waals surface area contributed by atoms with Gasteiger partial charge < -0.3 is 9.08 Å². The van der Waals surface area contributed by atoms with Gasteiger partial charge in [-0.3, -0.25) is 0 Å². The summed E-state index contributed by atoms with van der Waals surface area (Å²) in [6, 6.07) is 11.5. The topological polar surface area (TPSA) is 66.7 Å². The molecule has 2 aliphatic rings. The second-order valence-corrected chi connectivity index (χ2v) is 17.9. The maximum atomic E-state index is 12.5. The minimum Gasteiger partial charge on any atom is -0.401 e. The molecule has 0 aliphatic carbocycles. The number of fused-ring (bicyclic) bond motifs is 2. The van der Waals surface area contributed by atoms with Crippen molar-refractivity contribution in [2.45, 2.75) is 121 Å². The Hall–Kier alpha value is -2.42. The van der Waals surface area contributed by atoms with Crippen molar-refractivity contribution in [2.24, 2.45) is 0 Å². The normalized spacial score (nSPS) is 18.4. The molecule has 264 valence electrons. The van der Waals surface area contributed by atoms with Crippen LogP contribution in [-0.4, -0.2) is 48.5 Å². The van der Waals surface area contributed by atoms with Crippen LogP contribution in [0.2, 0.25) is 0 Å². The maximum absolute atomic E-state index is 12.5. The first kappa shape index (κ1) is 38.4. The zero-order chi connectivity index (χ0) is 35.3. The highest BCUT2D eigenvalue weighted by Crippen LogP contribution is 2.49. The second-order valence-electron chi connectivity index (χ2n) is 14.4. The first-order valence-electron chi connectivity index (χ1n) is 17.7. The van der Waals surface area contributed by atoms with Gasteiger partial charge in [0.05, 0.1) is 10.3 Å². The molecular weight excluding hydrogens is 660 g/mol. The minimum atomic E-state index is -3.35. The van der Waals surface area contributed by atoms with E-state index < -0.39 is 26.3 Å². The summed E-state index contributed by atoms with van der Waals surface area (Å²) < 4.78 is 45.0. The number of rotatable bonds is 17. The highest BCUT2D eigenvalue weighted by atomic mass is 35.5. The number of sulfone groups is 1. The van der Waals surface area contributed by atoms with E-state index in [2.05, 4.69) is 69.2 Å². The third kappa shape index (κ3) is 8.65. The Bertz CT molecular complexity index is 1710. The molecule has 2 aliphatic heterocycles. The van der Waals surface area contributed by atoms with Crippen LogP contribution < -0.4 is 9.08 Å². The summed E-state index contributed by atoms with van der Waals surface area (Å²) in [5, 5.41) is 0.628. The van der Waals surface area contributed by atoms with E-state index in [0.717, 1.165) is 66.3 Å². The van der Waals surface area contributed by atoms with Gasteiger partial charge in [-0.05, 0) is 68.7 Å². The van der Waals surface area contributed by atoms with E-state index in [4.69, 9.17) is 15.8 Å². The van der Waals surface area contributed by atoms with Gasteiger partial charge in [0.25, 0.3) is 0 Å². The van der Waals surface area contributed by atoms with Crippen molar-refractivity contribution in [1.82, 2.24) is 0 Å². The van der Waals surface area contributed by atoms with Gasteiger partial charge in [-0.25, -0.2) is 12.6 Å². The molecule has 0 N–H and O–H groups in total. The molecule has 0 amide bonds. The van der Waals surface area contributed by atoms with Crippen molar-refractivity contribution in [3.05, 3.63) is 70.4 Å². The van der Waals surface area contributed by atoms with Gasteiger partial charge in [0.2, 0.25) is 16.8 Å². The quantitative estimate of drug-likeness (QED) is 0.121. The number of hydrogen-bond acceptors (Lipinski definition) is 5. The fourth-order valence-corrected chi connectivity index (χ4v) is 8.41. The lowest BCUT2D eigenvalue weighted by atomic mass is 9.81. The highest BCUT2D eigenvalue weighted by molar-refractivity contribution is 7.90. The summed E-state index contributed by atoms with van der Waals surface area (Å²) >= 11 is 5.86. The van der Waals surface area contributed by atoms with Crippen molar-refractivity contribution < 1.29 is 21.4 Å². The number of halogens is 1. The molecule has 0 saturated heterocycles. The van der Waals surface area contributed by atoms with Gasteiger partial charge in [-0.1, -0.05) is 84.2 Å². The number of hydrogen-bond donors (Lipinski definition) is 0. The van der Waals surface area contributed by atoms with Crippen molar-refractivity contribution >= 4 is 49.6 Å². The van der Waals surface area contributed by atoms with Crippen LogP contribution in [0, 0.1) is 0 Å². The molecule has 0 fully saturated rings. The van der Waals surface area contributed by atoms with Crippen LogP contribution in [-0.2, 0) is 31.7 Å². The van der Waals surface area contributed by atoms with Crippen LogP contribution in [0.4, 0.5) is 11.4 Å². The van der Waals surface area contributed by atoms with Gasteiger partial charge in [0, 0.05) is 65.0 Å². The van der Waals surface area contributed by atoms with E-state index in [-0.39, 0.29) is 5.41 Å². The summed E-state index contributed by atoms with van der Waals surface area (Å²) in [6.07, 6.45) is 18.7. The van der Waals surface area contributed by atoms with Crippen LogP contribution in [0.3, 0.4) is 0 Å². The average molecular weight is 716 g/mol. The molecule has 2 aromatic carbocycles. The molecule has 9 heteroatoms. The van der Waals surface area contributed by atoms with Crippen molar-refractivity contribution in [3.8, 4) is 5.75 Å². The molecule has 1 atom stereocenters. The third-order valence-corrected chi connectivity index (χ3v) is 11.6. The first-order valence-corrected chi connectivity index (χ1v) is 21.4. The standard InChI is InChI=1S/C39H56ClN2O4S2/c1-9-11-13-15-17-23-41-34-21-19-30(46-47(7)43)27-32(34)38(3,4)36(41)25-29(40)26-37-39(5,6)33-28-31(48(8,44)45)20-22-35(33)42(37)24-18-16-14-12-10-2/h19-22,25-28H,9-18,23-24H2,1-8H3/q+1.